The SMILES string of the molecule is [2H]C([2H])([2H])c1cnc(-c2ccc(C([2H])([2H])[2H])c3c2oc2cc4c(ccc5ccccc54)cc23)cc1C([2H])([2H])[2H]. The highest BCUT2D eigenvalue weighted by atomic mass is 16.3. The first-order chi connectivity index (χ1) is 18.2. The Balaban J connectivity index is 1.70. The molecule has 0 unspecified atom stereocenters. The van der Waals surface area contributed by atoms with E-state index in [1.165, 1.54) is 18.2 Å². The molecular formula is C28H21NO. The molecule has 0 atom stereocenters. The Labute approximate surface area is 187 Å². The molecule has 0 N–H and O–H groups in total. The van der Waals surface area contributed by atoms with Crippen LogP contribution in [0, 0.1) is 20.6 Å². The second kappa shape index (κ2) is 6.17. The summed E-state index contributed by atoms with van der Waals surface area (Å²) in [5.74, 6) is 0. The van der Waals surface area contributed by atoms with Crippen LogP contribution in [0.4, 0.5) is 0 Å². The molecule has 0 saturated carbocycles. The average Bonchev–Trinajstić information content (AvgIpc) is 3.23. The quantitative estimate of drug-likeness (QED) is 0.264. The topological polar surface area (TPSA) is 26.0 Å². The normalized spacial score (nSPS) is 17.5. The van der Waals surface area contributed by atoms with Gasteiger partial charge in [-0.2, -0.15) is 0 Å². The van der Waals surface area contributed by atoms with Crippen LogP contribution in [-0.2, 0) is 0 Å². The summed E-state index contributed by atoms with van der Waals surface area (Å²) in [6.07, 6.45) is 1.05. The predicted molar refractivity (Wildman–Crippen MR) is 126 cm³/mol. The summed E-state index contributed by atoms with van der Waals surface area (Å²) in [6.45, 7) is -7.82. The monoisotopic (exact) mass is 396 g/mol. The molecule has 0 saturated heterocycles. The van der Waals surface area contributed by atoms with Crippen LogP contribution < -0.4 is 0 Å². The molecule has 0 fully saturated rings. The number of pyridine rings is 1. The summed E-state index contributed by atoms with van der Waals surface area (Å²) in [6, 6.07) is 19.9. The number of hydrogen-bond donors (Lipinski definition) is 0. The molecule has 2 aromatic heterocycles. The van der Waals surface area contributed by atoms with E-state index >= 15 is 0 Å². The minimum absolute atomic E-state index is 0.0929. The summed E-state index contributed by atoms with van der Waals surface area (Å²) >= 11 is 0. The summed E-state index contributed by atoms with van der Waals surface area (Å²) in [4.78, 5) is 4.29. The zero-order chi connectivity index (χ0) is 27.9. The van der Waals surface area contributed by atoms with Gasteiger partial charge in [0.1, 0.15) is 11.2 Å². The molecule has 0 radical (unpaired) electrons. The van der Waals surface area contributed by atoms with E-state index < -0.39 is 20.6 Å². The summed E-state index contributed by atoms with van der Waals surface area (Å²) in [5.41, 5.74) is 0.648. The number of hydrogen-bond acceptors (Lipinski definition) is 2. The number of nitrogens with zero attached hydrogens (tertiary/aromatic N) is 1. The highest BCUT2D eigenvalue weighted by molar-refractivity contribution is 6.18. The van der Waals surface area contributed by atoms with E-state index in [0.717, 1.165) is 27.7 Å². The molecule has 0 aliphatic rings. The zero-order valence-corrected chi connectivity index (χ0v) is 15.8. The lowest BCUT2D eigenvalue weighted by atomic mass is 9.97. The lowest BCUT2D eigenvalue weighted by Crippen LogP contribution is -1.89. The van der Waals surface area contributed by atoms with Gasteiger partial charge < -0.3 is 4.42 Å². The molecular weight excluding hydrogens is 366 g/mol. The molecule has 4 aromatic carbocycles. The van der Waals surface area contributed by atoms with E-state index in [0.29, 0.717) is 21.9 Å². The van der Waals surface area contributed by atoms with Crippen LogP contribution in [0.5, 0.6) is 0 Å². The van der Waals surface area contributed by atoms with Crippen LogP contribution >= 0.6 is 0 Å². The summed E-state index contributed by atoms with van der Waals surface area (Å²) in [7, 11) is 0. The van der Waals surface area contributed by atoms with Crippen molar-refractivity contribution in [3.05, 3.63) is 89.6 Å². The highest BCUT2D eigenvalue weighted by Crippen LogP contribution is 2.40. The number of benzene rings is 4. The Morgan fingerprint density at radius 2 is 1.60 bits per heavy atom. The van der Waals surface area contributed by atoms with E-state index in [9.17, 15) is 0 Å². The van der Waals surface area contributed by atoms with Crippen LogP contribution in [-0.4, -0.2) is 4.98 Å². The molecule has 0 spiro atoms. The lowest BCUT2D eigenvalue weighted by Gasteiger charge is -2.06. The van der Waals surface area contributed by atoms with E-state index in [-0.39, 0.29) is 28.0 Å². The third-order valence-electron chi connectivity index (χ3n) is 5.66. The molecule has 6 rings (SSSR count). The van der Waals surface area contributed by atoms with Gasteiger partial charge in [0.2, 0.25) is 0 Å². The first-order valence-electron chi connectivity index (χ1n) is 14.1. The van der Waals surface area contributed by atoms with E-state index in [1.54, 1.807) is 0 Å². The van der Waals surface area contributed by atoms with Gasteiger partial charge in [0.05, 0.1) is 5.69 Å². The number of rotatable bonds is 1. The third kappa shape index (κ3) is 2.40. The van der Waals surface area contributed by atoms with Crippen molar-refractivity contribution in [1.82, 2.24) is 4.98 Å². The number of fused-ring (bicyclic) bond motifs is 6. The lowest BCUT2D eigenvalue weighted by molar-refractivity contribution is 0.670. The van der Waals surface area contributed by atoms with Crippen molar-refractivity contribution in [3.63, 3.8) is 0 Å². The third-order valence-corrected chi connectivity index (χ3v) is 5.66. The second-order valence-electron chi connectivity index (χ2n) is 7.44. The van der Waals surface area contributed by atoms with Gasteiger partial charge in [0, 0.05) is 34.9 Å². The van der Waals surface area contributed by atoms with Crippen molar-refractivity contribution >= 4 is 43.5 Å². The zero-order valence-electron chi connectivity index (χ0n) is 24.8. The Hall–Kier alpha value is -3.65. The van der Waals surface area contributed by atoms with Crippen LogP contribution in [0.1, 0.15) is 29.0 Å². The van der Waals surface area contributed by atoms with Gasteiger partial charge in [-0.15, -0.1) is 0 Å². The number of furan rings is 1. The molecule has 2 nitrogen and oxygen atoms in total. The van der Waals surface area contributed by atoms with Gasteiger partial charge in [-0.3, -0.25) is 4.98 Å². The van der Waals surface area contributed by atoms with Crippen molar-refractivity contribution in [2.45, 2.75) is 20.6 Å². The predicted octanol–water partition coefficient (Wildman–Crippen LogP) is 7.88. The van der Waals surface area contributed by atoms with Crippen LogP contribution in [0.15, 0.2) is 77.3 Å². The minimum Gasteiger partial charge on any atom is -0.455 e. The van der Waals surface area contributed by atoms with E-state index in [2.05, 4.69) is 4.98 Å². The first-order valence-corrected chi connectivity index (χ1v) is 9.56. The van der Waals surface area contributed by atoms with Gasteiger partial charge in [0.15, 0.2) is 0 Å². The van der Waals surface area contributed by atoms with Gasteiger partial charge in [-0.25, -0.2) is 0 Å². The van der Waals surface area contributed by atoms with Crippen molar-refractivity contribution < 1.29 is 16.8 Å². The number of aromatic nitrogens is 1. The fraction of sp³-hybridized carbons (Fsp3) is 0.107. The van der Waals surface area contributed by atoms with E-state index in [1.807, 2.05) is 48.5 Å². The largest absolute Gasteiger partial charge is 0.455 e. The van der Waals surface area contributed by atoms with Crippen LogP contribution in [0.3, 0.4) is 0 Å². The maximum atomic E-state index is 8.17. The minimum atomic E-state index is -2.70. The molecule has 2 heterocycles. The fourth-order valence-electron chi connectivity index (χ4n) is 4.19. The highest BCUT2D eigenvalue weighted by Gasteiger charge is 2.16. The maximum absolute atomic E-state index is 8.17. The van der Waals surface area contributed by atoms with Gasteiger partial charge in [0.25, 0.3) is 0 Å². The van der Waals surface area contributed by atoms with Crippen molar-refractivity contribution in [3.8, 4) is 11.3 Å². The van der Waals surface area contributed by atoms with Crippen LogP contribution in [0.2, 0.25) is 0 Å². The Morgan fingerprint density at radius 3 is 2.50 bits per heavy atom. The molecule has 0 bridgehead atoms. The average molecular weight is 397 g/mol. The van der Waals surface area contributed by atoms with Gasteiger partial charge in [-0.05, 0) is 83.1 Å². The molecule has 0 aliphatic carbocycles. The molecule has 30 heavy (non-hydrogen) atoms. The molecule has 2 heteroatoms. The Kier molecular flexibility index (Phi) is 2.14. The fourth-order valence-corrected chi connectivity index (χ4v) is 4.19. The Morgan fingerprint density at radius 1 is 0.733 bits per heavy atom. The number of aryl methyl sites for hydroxylation is 3. The molecule has 6 aromatic rings. The molecule has 144 valence electrons. The summed E-state index contributed by atoms with van der Waals surface area (Å²) < 4.78 is 77.9. The second-order valence-corrected chi connectivity index (χ2v) is 7.44. The van der Waals surface area contributed by atoms with E-state index in [4.69, 9.17) is 16.8 Å². The van der Waals surface area contributed by atoms with Crippen molar-refractivity contribution in [1.29, 1.82) is 0 Å². The summed E-state index contributed by atoms with van der Waals surface area (Å²) in [5, 5.41) is 4.93. The van der Waals surface area contributed by atoms with Gasteiger partial charge >= 0.3 is 0 Å². The Bertz CT molecular complexity index is 1930. The molecule has 0 amide bonds. The maximum Gasteiger partial charge on any atom is 0.145 e. The van der Waals surface area contributed by atoms with Crippen molar-refractivity contribution in [2.24, 2.45) is 0 Å². The molecule has 0 aliphatic heterocycles. The first kappa shape index (κ1) is 10.4. The smallest absolute Gasteiger partial charge is 0.145 e. The standard InChI is InChI=1S/C28H21NO/c1-16-8-11-22(25-12-17(2)18(3)15-29-25)28-27(16)24-13-20-10-9-19-6-4-5-7-21(19)23(20)14-26(24)30-28/h4-15H,1-3H3/i1D3,2D3,3D3. The van der Waals surface area contributed by atoms with Crippen LogP contribution in [0.25, 0.3) is 54.7 Å². The van der Waals surface area contributed by atoms with Gasteiger partial charge in [-0.1, -0.05) is 42.5 Å². The van der Waals surface area contributed by atoms with Crippen molar-refractivity contribution in [2.75, 3.05) is 0 Å².